The van der Waals surface area contributed by atoms with Gasteiger partial charge >= 0.3 is 11.9 Å². The van der Waals surface area contributed by atoms with Gasteiger partial charge in [-0.15, -0.1) is 0 Å². The molecule has 1 aliphatic heterocycles. The molecule has 3 aromatic heterocycles. The second-order valence-electron chi connectivity index (χ2n) is 15.7. The van der Waals surface area contributed by atoms with Crippen molar-refractivity contribution in [1.29, 1.82) is 0 Å². The Hall–Kier alpha value is -4.31. The molecule has 0 spiro atoms. The van der Waals surface area contributed by atoms with Gasteiger partial charge in [-0.3, -0.25) is 9.25 Å². The zero-order valence-corrected chi connectivity index (χ0v) is 32.6. The predicted octanol–water partition coefficient (Wildman–Crippen LogP) is 6.50. The molecule has 1 fully saturated rings. The second kappa shape index (κ2) is 16.2. The number of fused-ring (bicyclic) bond motifs is 1. The van der Waals surface area contributed by atoms with E-state index < -0.39 is 21.9 Å². The van der Waals surface area contributed by atoms with E-state index in [0.717, 1.165) is 47.1 Å². The van der Waals surface area contributed by atoms with Crippen molar-refractivity contribution in [2.24, 2.45) is 5.73 Å². The van der Waals surface area contributed by atoms with Crippen molar-refractivity contribution in [3.8, 4) is 5.69 Å². The molecule has 0 bridgehead atoms. The Morgan fingerprint density at radius 3 is 2.13 bits per heavy atom. The quantitative estimate of drug-likeness (QED) is 0.155. The molecule has 6 rings (SSSR count). The van der Waals surface area contributed by atoms with E-state index in [4.69, 9.17) is 5.73 Å². The second-order valence-corrected chi connectivity index (χ2v) is 17.6. The number of aromatic nitrogens is 5. The summed E-state index contributed by atoms with van der Waals surface area (Å²) in [5, 5.41) is 7.72. The maximum Gasteiger partial charge on any atom is 0.435 e. The highest BCUT2D eigenvalue weighted by molar-refractivity contribution is 7.89. The van der Waals surface area contributed by atoms with Crippen LogP contribution in [0.5, 0.6) is 0 Å². The molecule has 11 nitrogen and oxygen atoms in total. The number of nitrogens with zero attached hydrogens (tertiary/aromatic N) is 5. The average molecular weight is 769 g/mol. The zero-order valence-electron chi connectivity index (χ0n) is 31.7. The maximum atomic E-state index is 13.5. The van der Waals surface area contributed by atoms with Crippen LogP contribution in [-0.4, -0.2) is 62.7 Å². The molecule has 2 aromatic carbocycles. The molecule has 0 saturated carbocycles. The summed E-state index contributed by atoms with van der Waals surface area (Å²) in [5.41, 5.74) is 8.81. The standard InChI is InChI=1S/C22H31F3N4O2S.C17H20N4O/c1-21(2,3)17-5-7-19(8-6-17)32(30,31)29(18-9-12-26-13-10-18)15-4-14-28-16-11-20(27-28)22(23,24)25;1-17(2,3)14-8-12-10-21(16(22)20-15(12)19-14)13-6-4-11(9-18)5-7-13/h5-8,11,16,18,26H,4,9-10,12-15H2,1-3H3;4-8,10H,9,18H2,1-3H3,(H,19,20,22). The first-order valence-electron chi connectivity index (χ1n) is 18.1. The van der Waals surface area contributed by atoms with E-state index in [0.29, 0.717) is 31.5 Å². The monoisotopic (exact) mass is 768 g/mol. The summed E-state index contributed by atoms with van der Waals surface area (Å²) in [6.07, 6.45) is 0.362. The topological polar surface area (TPSA) is 144 Å². The molecule has 0 radical (unpaired) electrons. The minimum Gasteiger partial charge on any atom is -0.343 e. The van der Waals surface area contributed by atoms with E-state index >= 15 is 0 Å². The van der Waals surface area contributed by atoms with Gasteiger partial charge in [-0.2, -0.15) is 27.6 Å². The minimum absolute atomic E-state index is 0.0165. The van der Waals surface area contributed by atoms with Crippen LogP contribution >= 0.6 is 0 Å². The number of hydrogen-bond acceptors (Lipinski definition) is 7. The van der Waals surface area contributed by atoms with E-state index in [2.05, 4.69) is 61.9 Å². The van der Waals surface area contributed by atoms with Crippen LogP contribution in [0.2, 0.25) is 0 Å². The number of rotatable bonds is 9. The highest BCUT2D eigenvalue weighted by Gasteiger charge is 2.34. The predicted molar refractivity (Wildman–Crippen MR) is 205 cm³/mol. The number of H-pyrrole nitrogens is 1. The van der Waals surface area contributed by atoms with Gasteiger partial charge in [0.1, 0.15) is 5.65 Å². The van der Waals surface area contributed by atoms with Crippen LogP contribution in [0.3, 0.4) is 0 Å². The van der Waals surface area contributed by atoms with Crippen molar-refractivity contribution in [1.82, 2.24) is 33.9 Å². The van der Waals surface area contributed by atoms with E-state index in [1.165, 1.54) is 15.2 Å². The van der Waals surface area contributed by atoms with Gasteiger partial charge in [-0.25, -0.2) is 13.2 Å². The van der Waals surface area contributed by atoms with Gasteiger partial charge < -0.3 is 16.0 Å². The highest BCUT2D eigenvalue weighted by atomic mass is 32.2. The van der Waals surface area contributed by atoms with Crippen LogP contribution in [0.1, 0.15) is 83.3 Å². The lowest BCUT2D eigenvalue weighted by Crippen LogP contribution is -2.46. The Kier molecular flexibility index (Phi) is 12.3. The maximum absolute atomic E-state index is 13.5. The van der Waals surface area contributed by atoms with E-state index in [1.54, 1.807) is 16.7 Å². The number of alkyl halides is 3. The van der Waals surface area contributed by atoms with Gasteiger partial charge in [0.15, 0.2) is 5.69 Å². The molecule has 0 amide bonds. The Morgan fingerprint density at radius 2 is 1.57 bits per heavy atom. The number of aryl methyl sites for hydroxylation is 1. The van der Waals surface area contributed by atoms with Crippen molar-refractivity contribution in [2.75, 3.05) is 19.6 Å². The number of sulfonamides is 1. The molecule has 0 aliphatic carbocycles. The lowest BCUT2D eigenvalue weighted by Gasteiger charge is -2.34. The smallest absolute Gasteiger partial charge is 0.343 e. The van der Waals surface area contributed by atoms with Gasteiger partial charge in [0, 0.05) is 54.6 Å². The number of nitrogens with two attached hydrogens (primary N) is 1. The summed E-state index contributed by atoms with van der Waals surface area (Å²) < 4.78 is 69.6. The third-order valence-corrected chi connectivity index (χ3v) is 11.5. The zero-order chi connectivity index (χ0) is 39.5. The Bertz CT molecular complexity index is 2170. The van der Waals surface area contributed by atoms with Crippen molar-refractivity contribution < 1.29 is 21.6 Å². The molecule has 1 saturated heterocycles. The molecule has 5 aromatic rings. The summed E-state index contributed by atoms with van der Waals surface area (Å²) in [6.45, 7) is 14.9. The summed E-state index contributed by atoms with van der Waals surface area (Å²) in [7, 11) is -3.74. The summed E-state index contributed by atoms with van der Waals surface area (Å²) >= 11 is 0. The van der Waals surface area contributed by atoms with Crippen molar-refractivity contribution in [3.05, 3.63) is 106 Å². The molecule has 0 atom stereocenters. The van der Waals surface area contributed by atoms with Gasteiger partial charge in [-0.05, 0) is 85.3 Å². The van der Waals surface area contributed by atoms with Crippen LogP contribution in [0, 0.1) is 0 Å². The average Bonchev–Trinajstić information content (AvgIpc) is 3.78. The number of nitrogens with one attached hydrogen (secondary N) is 2. The highest BCUT2D eigenvalue weighted by Crippen LogP contribution is 2.29. The minimum atomic E-state index is -4.49. The lowest BCUT2D eigenvalue weighted by molar-refractivity contribution is -0.141. The van der Waals surface area contributed by atoms with Crippen molar-refractivity contribution in [2.45, 2.75) is 102 Å². The SMILES string of the molecule is CC(C)(C)c1cc2cn(-c3ccc(CN)cc3)c(=O)nc2[nH]1.CC(C)(C)c1ccc(S(=O)(=O)N(CCCn2ccc(C(F)(F)F)n2)C2CCNCC2)cc1. The van der Waals surface area contributed by atoms with E-state index in [-0.39, 0.29) is 40.5 Å². The number of benzene rings is 2. The van der Waals surface area contributed by atoms with Crippen LogP contribution in [0.25, 0.3) is 16.7 Å². The largest absolute Gasteiger partial charge is 0.435 e. The van der Waals surface area contributed by atoms with E-state index in [1.807, 2.05) is 48.7 Å². The fraction of sp³-hybridized carbons (Fsp3) is 0.462. The molecular formula is C39H51F3N8O3S. The molecule has 0 unspecified atom stereocenters. The first kappa shape index (κ1) is 40.9. The first-order valence-corrected chi connectivity index (χ1v) is 19.6. The van der Waals surface area contributed by atoms with Gasteiger partial charge in [-0.1, -0.05) is 65.8 Å². The van der Waals surface area contributed by atoms with Crippen LogP contribution in [-0.2, 0) is 40.1 Å². The Balaban J connectivity index is 0.000000222. The van der Waals surface area contributed by atoms with Crippen LogP contribution < -0.4 is 16.7 Å². The normalized spacial score (nSPS) is 14.7. The lowest BCUT2D eigenvalue weighted by atomic mass is 9.87. The molecular weight excluding hydrogens is 718 g/mol. The summed E-state index contributed by atoms with van der Waals surface area (Å²) in [5.74, 6) is 0. The molecule has 4 heterocycles. The molecule has 4 N–H and O–H groups in total. The summed E-state index contributed by atoms with van der Waals surface area (Å²) in [4.78, 5) is 19.9. The van der Waals surface area contributed by atoms with Gasteiger partial charge in [0.2, 0.25) is 10.0 Å². The number of aromatic amines is 1. The van der Waals surface area contributed by atoms with Crippen molar-refractivity contribution >= 4 is 21.1 Å². The Morgan fingerprint density at radius 1 is 0.926 bits per heavy atom. The fourth-order valence-corrected chi connectivity index (χ4v) is 7.98. The van der Waals surface area contributed by atoms with Crippen molar-refractivity contribution in [3.63, 3.8) is 0 Å². The van der Waals surface area contributed by atoms with Crippen LogP contribution in [0.15, 0.2) is 82.7 Å². The molecule has 292 valence electrons. The van der Waals surface area contributed by atoms with Gasteiger partial charge in [0.25, 0.3) is 0 Å². The Labute approximate surface area is 314 Å². The number of piperidine rings is 1. The number of halogens is 3. The first-order chi connectivity index (χ1) is 25.3. The molecule has 15 heteroatoms. The van der Waals surface area contributed by atoms with Crippen LogP contribution in [0.4, 0.5) is 13.2 Å². The van der Waals surface area contributed by atoms with E-state index in [9.17, 15) is 26.4 Å². The third kappa shape index (κ3) is 9.86. The molecule has 54 heavy (non-hydrogen) atoms. The fourth-order valence-electron chi connectivity index (χ4n) is 6.26. The van der Waals surface area contributed by atoms with Gasteiger partial charge in [0.05, 0.1) is 10.6 Å². The number of hydrogen-bond donors (Lipinski definition) is 3. The summed E-state index contributed by atoms with van der Waals surface area (Å²) in [6, 6.07) is 17.4. The third-order valence-electron chi connectivity index (χ3n) is 9.51. The molecule has 1 aliphatic rings.